The van der Waals surface area contributed by atoms with Crippen molar-refractivity contribution in [3.63, 3.8) is 0 Å². The summed E-state index contributed by atoms with van der Waals surface area (Å²) in [5.74, 6) is 1.67. The number of imidazole rings is 1. The van der Waals surface area contributed by atoms with E-state index in [2.05, 4.69) is 36.1 Å². The Bertz CT molecular complexity index is 265. The van der Waals surface area contributed by atoms with Gasteiger partial charge < -0.3 is 10.3 Å². The maximum atomic E-state index is 4.17. The van der Waals surface area contributed by atoms with Gasteiger partial charge in [0.2, 0.25) is 0 Å². The van der Waals surface area contributed by atoms with Crippen LogP contribution >= 0.6 is 0 Å². The van der Waals surface area contributed by atoms with Gasteiger partial charge in [-0.25, -0.2) is 4.98 Å². The predicted octanol–water partition coefficient (Wildman–Crippen LogP) is 2.24. The zero-order valence-electron chi connectivity index (χ0n) is 9.59. The highest BCUT2D eigenvalue weighted by Gasteiger charge is 2.09. The van der Waals surface area contributed by atoms with Gasteiger partial charge in [0, 0.05) is 24.5 Å². The number of nitrogens with zero attached hydrogens (tertiary/aromatic N) is 1. The molecule has 1 aromatic rings. The average Bonchev–Trinajstić information content (AvgIpc) is 2.52. The van der Waals surface area contributed by atoms with E-state index >= 15 is 0 Å². The zero-order valence-corrected chi connectivity index (χ0v) is 9.59. The second-order valence-electron chi connectivity index (χ2n) is 4.13. The summed E-state index contributed by atoms with van der Waals surface area (Å²) in [5, 5.41) is 3.53. The maximum Gasteiger partial charge on any atom is 0.103 e. The predicted molar refractivity (Wildman–Crippen MR) is 59.1 cm³/mol. The van der Waals surface area contributed by atoms with Gasteiger partial charge in [-0.15, -0.1) is 0 Å². The molecule has 1 atom stereocenters. The molecule has 0 saturated carbocycles. The summed E-state index contributed by atoms with van der Waals surface area (Å²) in [4.78, 5) is 7.39. The highest BCUT2D eigenvalue weighted by molar-refractivity contribution is 4.99. The third-order valence-corrected chi connectivity index (χ3v) is 2.55. The lowest BCUT2D eigenvalue weighted by atomic mass is 10.0. The van der Waals surface area contributed by atoms with Crippen LogP contribution < -0.4 is 5.32 Å². The molecule has 0 bridgehead atoms. The molecule has 0 aliphatic carbocycles. The van der Waals surface area contributed by atoms with Crippen LogP contribution in [0, 0.1) is 12.8 Å². The second kappa shape index (κ2) is 5.15. The lowest BCUT2D eigenvalue weighted by Crippen LogP contribution is -2.32. The topological polar surface area (TPSA) is 40.7 Å². The Balaban J connectivity index is 2.39. The molecule has 0 spiro atoms. The Hall–Kier alpha value is -0.830. The molecule has 1 unspecified atom stereocenters. The summed E-state index contributed by atoms with van der Waals surface area (Å²) < 4.78 is 0. The Labute approximate surface area is 86.3 Å². The molecule has 0 aliphatic rings. The van der Waals surface area contributed by atoms with Crippen LogP contribution in [0.15, 0.2) is 6.20 Å². The first-order chi connectivity index (χ1) is 6.63. The van der Waals surface area contributed by atoms with Crippen molar-refractivity contribution in [2.45, 2.75) is 46.7 Å². The summed E-state index contributed by atoms with van der Waals surface area (Å²) in [6.07, 6.45) is 3.07. The molecule has 1 rings (SSSR count). The monoisotopic (exact) mass is 195 g/mol. The van der Waals surface area contributed by atoms with Gasteiger partial charge in [-0.1, -0.05) is 20.8 Å². The molecule has 0 fully saturated rings. The first-order valence-electron chi connectivity index (χ1n) is 5.37. The highest BCUT2D eigenvalue weighted by atomic mass is 15.0. The fraction of sp³-hybridized carbons (Fsp3) is 0.727. The molecule has 3 heteroatoms. The largest absolute Gasteiger partial charge is 0.345 e. The number of aromatic nitrogens is 2. The van der Waals surface area contributed by atoms with E-state index in [-0.39, 0.29) is 0 Å². The van der Waals surface area contributed by atoms with Gasteiger partial charge in [-0.3, -0.25) is 0 Å². The first-order valence-corrected chi connectivity index (χ1v) is 5.37. The van der Waals surface area contributed by atoms with Crippen LogP contribution in [0.1, 0.15) is 38.7 Å². The van der Waals surface area contributed by atoms with Gasteiger partial charge in [0.1, 0.15) is 5.82 Å². The summed E-state index contributed by atoms with van der Waals surface area (Å²) in [6.45, 7) is 9.58. The van der Waals surface area contributed by atoms with Crippen LogP contribution in [-0.2, 0) is 6.54 Å². The van der Waals surface area contributed by atoms with Crippen LogP contribution in [-0.4, -0.2) is 16.0 Å². The molecule has 0 saturated heterocycles. The number of rotatable bonds is 5. The molecular formula is C11H21N3. The van der Waals surface area contributed by atoms with Gasteiger partial charge in [-0.05, 0) is 19.3 Å². The second-order valence-corrected chi connectivity index (χ2v) is 4.13. The molecule has 2 N–H and O–H groups in total. The van der Waals surface area contributed by atoms with Gasteiger partial charge in [0.25, 0.3) is 0 Å². The van der Waals surface area contributed by atoms with Crippen LogP contribution in [0.4, 0.5) is 0 Å². The van der Waals surface area contributed by atoms with Gasteiger partial charge in [-0.2, -0.15) is 0 Å². The average molecular weight is 195 g/mol. The van der Waals surface area contributed by atoms with E-state index in [0.717, 1.165) is 12.4 Å². The van der Waals surface area contributed by atoms with Gasteiger partial charge >= 0.3 is 0 Å². The van der Waals surface area contributed by atoms with Crippen LogP contribution in [0.25, 0.3) is 0 Å². The lowest BCUT2D eigenvalue weighted by molar-refractivity contribution is 0.386. The number of aryl methyl sites for hydroxylation is 1. The maximum absolute atomic E-state index is 4.17. The molecule has 80 valence electrons. The van der Waals surface area contributed by atoms with Crippen molar-refractivity contribution in [2.24, 2.45) is 5.92 Å². The van der Waals surface area contributed by atoms with Crippen LogP contribution in [0.5, 0.6) is 0 Å². The zero-order chi connectivity index (χ0) is 10.6. The Kier molecular flexibility index (Phi) is 4.14. The van der Waals surface area contributed by atoms with Crippen molar-refractivity contribution in [1.82, 2.24) is 15.3 Å². The van der Waals surface area contributed by atoms with E-state index in [1.54, 1.807) is 0 Å². The minimum atomic E-state index is 0.596. The van der Waals surface area contributed by atoms with E-state index < -0.39 is 0 Å². The van der Waals surface area contributed by atoms with E-state index in [1.807, 2.05) is 13.1 Å². The Morgan fingerprint density at radius 2 is 2.21 bits per heavy atom. The van der Waals surface area contributed by atoms with Crippen LogP contribution in [0.3, 0.4) is 0 Å². The van der Waals surface area contributed by atoms with Crippen molar-refractivity contribution in [3.05, 3.63) is 17.7 Å². The van der Waals surface area contributed by atoms with Gasteiger partial charge in [0.15, 0.2) is 0 Å². The molecule has 0 radical (unpaired) electrons. The molecular weight excluding hydrogens is 174 g/mol. The Morgan fingerprint density at radius 1 is 1.50 bits per heavy atom. The van der Waals surface area contributed by atoms with Crippen molar-refractivity contribution >= 4 is 0 Å². The third-order valence-electron chi connectivity index (χ3n) is 2.55. The number of aromatic amines is 1. The molecule has 1 aromatic heterocycles. The first kappa shape index (κ1) is 11.2. The fourth-order valence-corrected chi connectivity index (χ4v) is 1.65. The molecule has 1 heterocycles. The third kappa shape index (κ3) is 3.14. The highest BCUT2D eigenvalue weighted by Crippen LogP contribution is 2.06. The number of hydrogen-bond acceptors (Lipinski definition) is 2. The van der Waals surface area contributed by atoms with Crippen molar-refractivity contribution in [2.75, 3.05) is 0 Å². The van der Waals surface area contributed by atoms with E-state index in [4.69, 9.17) is 0 Å². The SMILES string of the molecule is CCC(NCc1cnc(C)[nH]1)C(C)C. The number of nitrogens with one attached hydrogen (secondary N) is 2. The summed E-state index contributed by atoms with van der Waals surface area (Å²) >= 11 is 0. The van der Waals surface area contributed by atoms with E-state index in [0.29, 0.717) is 12.0 Å². The summed E-state index contributed by atoms with van der Waals surface area (Å²) in [7, 11) is 0. The summed E-state index contributed by atoms with van der Waals surface area (Å²) in [5.41, 5.74) is 1.17. The number of H-pyrrole nitrogens is 1. The molecule has 14 heavy (non-hydrogen) atoms. The minimum absolute atomic E-state index is 0.596. The van der Waals surface area contributed by atoms with Crippen molar-refractivity contribution in [1.29, 1.82) is 0 Å². The van der Waals surface area contributed by atoms with Gasteiger partial charge in [0.05, 0.1) is 0 Å². The van der Waals surface area contributed by atoms with Crippen molar-refractivity contribution in [3.8, 4) is 0 Å². The molecule has 0 amide bonds. The van der Waals surface area contributed by atoms with Crippen LogP contribution in [0.2, 0.25) is 0 Å². The quantitative estimate of drug-likeness (QED) is 0.756. The smallest absolute Gasteiger partial charge is 0.103 e. The molecule has 3 nitrogen and oxygen atoms in total. The van der Waals surface area contributed by atoms with E-state index in [9.17, 15) is 0 Å². The number of hydrogen-bond donors (Lipinski definition) is 2. The molecule has 0 aliphatic heterocycles. The minimum Gasteiger partial charge on any atom is -0.345 e. The van der Waals surface area contributed by atoms with E-state index in [1.165, 1.54) is 12.1 Å². The normalized spacial score (nSPS) is 13.5. The van der Waals surface area contributed by atoms with Crippen molar-refractivity contribution < 1.29 is 0 Å². The fourth-order valence-electron chi connectivity index (χ4n) is 1.65. The lowest BCUT2D eigenvalue weighted by Gasteiger charge is -2.20. The molecule has 0 aromatic carbocycles. The summed E-state index contributed by atoms with van der Waals surface area (Å²) in [6, 6.07) is 0.596. The standard InChI is InChI=1S/C11H21N3/c1-5-11(8(2)3)13-7-10-6-12-9(4)14-10/h6,8,11,13H,5,7H2,1-4H3,(H,12,14). The Morgan fingerprint density at radius 3 is 2.64 bits per heavy atom.